The first-order valence-electron chi connectivity index (χ1n) is 56.3. The van der Waals surface area contributed by atoms with Crippen LogP contribution in [0.3, 0.4) is 0 Å². The summed E-state index contributed by atoms with van der Waals surface area (Å²) in [5, 5.41) is 23.5. The molecule has 4 aromatic carbocycles. The van der Waals surface area contributed by atoms with Gasteiger partial charge >= 0.3 is 12.2 Å². The van der Waals surface area contributed by atoms with Gasteiger partial charge in [0.15, 0.2) is 0 Å². The molecule has 8 fully saturated rings. The first kappa shape index (κ1) is 111. The van der Waals surface area contributed by atoms with E-state index >= 15 is 0 Å². The van der Waals surface area contributed by atoms with Crippen LogP contribution in [-0.2, 0) is 109 Å². The summed E-state index contributed by atoms with van der Waals surface area (Å²) in [5.74, 6) is -0.411. The largest absolute Gasteiger partial charge is 0.444 e. The van der Waals surface area contributed by atoms with E-state index in [4.69, 9.17) is 18.9 Å². The van der Waals surface area contributed by atoms with E-state index in [9.17, 15) is 47.9 Å². The van der Waals surface area contributed by atoms with Gasteiger partial charge in [0.2, 0.25) is 47.3 Å². The van der Waals surface area contributed by atoms with Crippen molar-refractivity contribution in [1.82, 2.24) is 79.6 Å². The van der Waals surface area contributed by atoms with Gasteiger partial charge in [-0.05, 0) is 282 Å². The Kier molecular flexibility index (Phi) is 39.0. The van der Waals surface area contributed by atoms with E-state index < -0.39 is 59.6 Å². The molecule has 0 bridgehead atoms. The molecular formula is C118H172N16O14. The smallest absolute Gasteiger partial charge is 0.410 e. The van der Waals surface area contributed by atoms with Crippen LogP contribution >= 0.6 is 0 Å². The number of carbonyl (C=O) groups is 10. The van der Waals surface area contributed by atoms with Crippen molar-refractivity contribution >= 4 is 103 Å². The highest BCUT2D eigenvalue weighted by atomic mass is 16.6. The molecule has 8 aliphatic rings. The molecule has 4 saturated carbocycles. The van der Waals surface area contributed by atoms with Crippen molar-refractivity contribution in [1.29, 1.82) is 0 Å². The van der Waals surface area contributed by atoms with Gasteiger partial charge in [0.05, 0.1) is 38.5 Å². The Morgan fingerprint density at radius 2 is 0.541 bits per heavy atom. The first-order chi connectivity index (χ1) is 71.2. The number of nitrogens with zero attached hydrogens (tertiary/aromatic N) is 10. The first-order valence-corrected chi connectivity index (χ1v) is 56.3. The number of nitrogens with one attached hydrogen (secondary N) is 6. The lowest BCUT2D eigenvalue weighted by Gasteiger charge is -2.36. The average molecular weight is 2040 g/mol. The van der Waals surface area contributed by atoms with Crippen molar-refractivity contribution in [3.8, 4) is 0 Å². The molecule has 808 valence electrons. The fraction of sp³-hybridized carbons (Fsp3) is 0.644. The van der Waals surface area contributed by atoms with Gasteiger partial charge in [0.1, 0.15) is 47.5 Å². The summed E-state index contributed by atoms with van der Waals surface area (Å²) in [6, 6.07) is 29.5. The summed E-state index contributed by atoms with van der Waals surface area (Å²) in [7, 11) is 6.69. The highest BCUT2D eigenvalue weighted by molar-refractivity contribution is 5.95. The monoisotopic (exact) mass is 2040 g/mol. The molecule has 8 aromatic rings. The fourth-order valence-corrected chi connectivity index (χ4v) is 24.7. The predicted octanol–water partition coefficient (Wildman–Crippen LogP) is 16.7. The quantitative estimate of drug-likeness (QED) is 0.0194. The van der Waals surface area contributed by atoms with E-state index in [-0.39, 0.29) is 107 Å². The third-order valence-electron chi connectivity index (χ3n) is 33.5. The molecule has 4 aliphatic carbocycles. The van der Waals surface area contributed by atoms with Crippen molar-refractivity contribution < 1.29 is 66.9 Å². The summed E-state index contributed by atoms with van der Waals surface area (Å²) in [6.07, 6.45) is 38.7. The lowest BCUT2D eigenvalue weighted by atomic mass is 9.83. The number of aromatic nitrogens is 4. The predicted molar refractivity (Wildman–Crippen MR) is 581 cm³/mol. The topological polar surface area (TPSA) is 319 Å². The number of likely N-dealkylation sites (tertiary alicyclic amines) is 4. The van der Waals surface area contributed by atoms with Gasteiger partial charge in [-0.1, -0.05) is 150 Å². The zero-order chi connectivity index (χ0) is 105. The number of amides is 10. The van der Waals surface area contributed by atoms with Gasteiger partial charge in [-0.3, -0.25) is 48.2 Å². The molecule has 4 aromatic heterocycles. The number of hydrogen-bond donors (Lipinski definition) is 6. The summed E-state index contributed by atoms with van der Waals surface area (Å²) in [4.78, 5) is 149. The molecule has 0 unspecified atom stereocenters. The van der Waals surface area contributed by atoms with Crippen molar-refractivity contribution in [3.63, 3.8) is 0 Å². The number of fused-ring (bicyclic) bond motifs is 4. The Morgan fingerprint density at radius 1 is 0.318 bits per heavy atom. The lowest BCUT2D eigenvalue weighted by molar-refractivity contribution is -0.140. The maximum Gasteiger partial charge on any atom is 0.410 e. The van der Waals surface area contributed by atoms with E-state index in [1.165, 1.54) is 66.7 Å². The Morgan fingerprint density at radius 3 is 0.764 bits per heavy atom. The lowest BCUT2D eigenvalue weighted by Crippen LogP contribution is -2.57. The molecule has 148 heavy (non-hydrogen) atoms. The van der Waals surface area contributed by atoms with Crippen molar-refractivity contribution in [2.45, 2.75) is 385 Å². The zero-order valence-corrected chi connectivity index (χ0v) is 91.1. The number of benzene rings is 4. The molecule has 30 heteroatoms. The van der Waals surface area contributed by atoms with Crippen LogP contribution in [0, 0.1) is 23.7 Å². The van der Waals surface area contributed by atoms with Crippen LogP contribution in [0.25, 0.3) is 43.6 Å². The molecular weight excluding hydrogens is 1870 g/mol. The Labute approximate surface area is 877 Å². The second-order valence-electron chi connectivity index (χ2n) is 45.9. The van der Waals surface area contributed by atoms with Gasteiger partial charge in [-0.15, -0.1) is 0 Å². The second kappa shape index (κ2) is 51.8. The molecule has 10 amide bonds. The normalized spacial score (nSPS) is 20.6. The minimum absolute atomic E-state index is 0.0162. The van der Waals surface area contributed by atoms with E-state index in [1.807, 2.05) is 23.6 Å². The molecule has 8 heterocycles. The van der Waals surface area contributed by atoms with Crippen LogP contribution in [0.15, 0.2) is 122 Å². The molecule has 16 rings (SSSR count). The molecule has 0 spiro atoms. The second-order valence-corrected chi connectivity index (χ2v) is 45.9. The summed E-state index contributed by atoms with van der Waals surface area (Å²) in [5.41, 5.74) is 8.03. The number of hydrogen-bond acceptors (Lipinski definition) is 16. The van der Waals surface area contributed by atoms with Crippen LogP contribution in [0.1, 0.15) is 271 Å². The van der Waals surface area contributed by atoms with Gasteiger partial charge in [-0.2, -0.15) is 0 Å². The molecule has 0 radical (unpaired) electrons. The van der Waals surface area contributed by atoms with Crippen LogP contribution in [0.5, 0.6) is 0 Å². The minimum Gasteiger partial charge on any atom is -0.444 e. The maximum absolute atomic E-state index is 14.8. The maximum atomic E-state index is 14.8. The number of carbonyl (C=O) groups excluding carboxylic acids is 10. The number of para-hydroxylation sites is 4. The molecule has 4 saturated heterocycles. The summed E-state index contributed by atoms with van der Waals surface area (Å²) < 4.78 is 33.0. The molecule has 30 nitrogen and oxygen atoms in total. The van der Waals surface area contributed by atoms with Crippen molar-refractivity contribution in [2.24, 2.45) is 23.7 Å². The van der Waals surface area contributed by atoms with Crippen LogP contribution in [0.4, 0.5) is 9.59 Å². The van der Waals surface area contributed by atoms with Crippen LogP contribution in [0.2, 0.25) is 0 Å². The van der Waals surface area contributed by atoms with Gasteiger partial charge in [0, 0.05) is 159 Å². The number of ether oxygens (including phenoxy) is 4. The number of rotatable bonds is 40. The van der Waals surface area contributed by atoms with Crippen LogP contribution in [-0.4, -0.2) is 272 Å². The Hall–Kier alpha value is -10.8. The van der Waals surface area contributed by atoms with E-state index in [0.29, 0.717) is 78.5 Å². The highest BCUT2D eigenvalue weighted by Crippen LogP contribution is 2.40. The molecule has 4 aliphatic heterocycles. The fourth-order valence-electron chi connectivity index (χ4n) is 24.7. The third kappa shape index (κ3) is 27.9. The van der Waals surface area contributed by atoms with Gasteiger partial charge in [0.25, 0.3) is 0 Å². The van der Waals surface area contributed by atoms with Gasteiger partial charge in [-0.25, -0.2) is 9.59 Å². The van der Waals surface area contributed by atoms with Crippen molar-refractivity contribution in [3.05, 3.63) is 144 Å². The molecule has 6 N–H and O–H groups in total. The molecule has 12 atom stereocenters. The van der Waals surface area contributed by atoms with E-state index in [0.717, 1.165) is 215 Å². The van der Waals surface area contributed by atoms with Crippen LogP contribution < -0.4 is 31.9 Å². The highest BCUT2D eigenvalue weighted by Gasteiger charge is 2.46. The SMILES string of the molecule is CN[C@@H](C)C(=O)N[C@H](C(=O)N1CCC[C@H]1Cc1cn(CCOCCn2cc(C[C@@H]3CCCN3C(=O)[C@@H](NC(=O)[C@H](C)NC)C3CCCCC3)c3ccccc32)c2ccccc12)C1CCCCC1.C[C@@H](C(=O)N[C@H](C(=O)N1CCC[C@H]1Cc1cn(CCOCCn2cc(C[C@@H]3CCCN3C(=O)[C@@H](NC(=O)[C@H](C)N(C)C(=O)OC(C)(C)C)C3CCCCC3)c3ccccc32)c2ccccc12)C1CCCCC1)N(C)C(=O)OC(C)(C)C. The Bertz CT molecular complexity index is 5460. The average Bonchev–Trinajstić information content (AvgIpc) is 1.64. The summed E-state index contributed by atoms with van der Waals surface area (Å²) in [6.45, 7) is 25.4. The number of likely N-dealkylation sites (N-methyl/N-ethyl adjacent to an activating group) is 4. The van der Waals surface area contributed by atoms with Gasteiger partial charge < -0.3 is 88.7 Å². The standard InChI is InChI=1S/C64H94N8O9.C54H78N8O5/c1-43(67(9)61(77)80-63(3,4)5)57(73)65-55(45-23-13-11-14-24-45)59(75)71-33-21-27-49(71)39-47-41-69(53-31-19-17-29-51(47)53)35-37-79-38-36-70-42-48(52-30-18-20-32-54(52)70)40-50-28-22-34-72(50)60(76)56(46-25-15-12-16-26-46)66-58(74)44(2)68(10)62(78)81-64(6,7)8;1-37(55-3)51(63)57-49(39-17-7-5-8-18-39)53(65)61-27-15-21-43(61)33-41-35-59(47-25-13-11-23-45(41)47)29-31-67-32-30-60-36-42(46-24-12-14-26-48(46)60)34-44-22-16-28-62(44)54(66)50(40-19-9-6-10-20-40)58-52(64)38(2)56-4/h17-20,29-32,41-46,49-50,55-56H,11-16,21-28,33-40H2,1-10H3,(H,65,73)(H,66,74);11-14,23-26,35-40,43-44,49-50,55-56H,5-10,15-22,27-34H2,1-4H3,(H,57,63)(H,58,64)/t43-,44-,49-,50-,55-,56-;37-,38-,43-,44-,49-,50-/m00/s1. The Balaban J connectivity index is 0.000000225. The van der Waals surface area contributed by atoms with Crippen molar-refractivity contribution in [2.75, 3.05) is 80.8 Å². The van der Waals surface area contributed by atoms with E-state index in [2.05, 4.69) is 182 Å². The van der Waals surface area contributed by atoms with E-state index in [1.54, 1.807) is 83.6 Å². The minimum atomic E-state index is -0.822. The summed E-state index contributed by atoms with van der Waals surface area (Å²) >= 11 is 0. The zero-order valence-electron chi connectivity index (χ0n) is 91.1. The third-order valence-corrected chi connectivity index (χ3v) is 33.5.